The molecule has 1 aliphatic rings. The molecule has 0 N–H and O–H groups in total. The molecule has 0 spiro atoms. The van der Waals surface area contributed by atoms with Gasteiger partial charge in [-0.05, 0) is 191 Å². The van der Waals surface area contributed by atoms with Crippen LogP contribution in [0.15, 0.2) is 133 Å². The van der Waals surface area contributed by atoms with E-state index in [1.165, 1.54) is 138 Å². The molecule has 1 aliphatic carbocycles. The van der Waals surface area contributed by atoms with Crippen LogP contribution in [0.25, 0.3) is 11.1 Å². The zero-order valence-electron chi connectivity index (χ0n) is 38.3. The second-order valence-electron chi connectivity index (χ2n) is 18.2. The van der Waals surface area contributed by atoms with Crippen LogP contribution in [0.3, 0.4) is 0 Å². The van der Waals surface area contributed by atoms with Crippen LogP contribution in [0, 0.1) is 48.5 Å². The number of rotatable bonds is 13. The van der Waals surface area contributed by atoms with Crippen molar-refractivity contribution in [3.63, 3.8) is 0 Å². The summed E-state index contributed by atoms with van der Waals surface area (Å²) in [6.45, 7) is 22.7. The average molecular weight is 801 g/mol. The summed E-state index contributed by atoms with van der Waals surface area (Å²) in [5, 5.41) is 0. The Bertz CT molecular complexity index is 2470. The molecule has 0 atom stereocenters. The number of anilines is 6. The molecule has 8 rings (SSSR count). The second-order valence-corrected chi connectivity index (χ2v) is 18.2. The predicted octanol–water partition coefficient (Wildman–Crippen LogP) is 16.8. The summed E-state index contributed by atoms with van der Waals surface area (Å²) in [5.41, 5.74) is 25.3. The summed E-state index contributed by atoms with van der Waals surface area (Å²) >= 11 is 0. The van der Waals surface area contributed by atoms with Crippen molar-refractivity contribution in [3.05, 3.63) is 200 Å². The number of benzene rings is 7. The lowest BCUT2D eigenvalue weighted by molar-refractivity contribution is 0.713. The maximum absolute atomic E-state index is 2.51. The fourth-order valence-corrected chi connectivity index (χ4v) is 10.0. The standard InChI is InChI=1S/C59H64N2/c1-11-13-15-46-33-42(6)57(43(7)34-46)60(49-25-19-40(4)20-26-49)51-29-31-53-54-32-30-52(38-56(54)59(10,55(53)37-51)48-23-17-39(3)18-24-48)61(50-27-21-41(5)22-28-50)58-44(8)35-47(16-14-12-2)36-45(58)9/h17-38H,11-16H2,1-10H3. The Labute approximate surface area is 366 Å². The van der Waals surface area contributed by atoms with E-state index >= 15 is 0 Å². The number of hydrogen-bond donors (Lipinski definition) is 0. The molecule has 0 unspecified atom stereocenters. The minimum absolute atomic E-state index is 0.412. The van der Waals surface area contributed by atoms with E-state index in [0.717, 1.165) is 12.8 Å². The average Bonchev–Trinajstić information content (AvgIpc) is 3.50. The van der Waals surface area contributed by atoms with Crippen molar-refractivity contribution in [3.8, 4) is 11.1 Å². The van der Waals surface area contributed by atoms with Crippen LogP contribution in [0.4, 0.5) is 34.1 Å². The summed E-state index contributed by atoms with van der Waals surface area (Å²) in [6, 6.07) is 51.6. The zero-order valence-corrected chi connectivity index (χ0v) is 38.3. The number of nitrogens with zero attached hydrogens (tertiary/aromatic N) is 2. The molecule has 0 amide bonds. The normalized spacial score (nSPS) is 12.6. The summed E-state index contributed by atoms with van der Waals surface area (Å²) in [6.07, 6.45) is 7.03. The maximum Gasteiger partial charge on any atom is 0.0520 e. The van der Waals surface area contributed by atoms with E-state index in [0.29, 0.717) is 0 Å². The first-order valence-corrected chi connectivity index (χ1v) is 22.7. The zero-order chi connectivity index (χ0) is 43.0. The molecule has 0 saturated carbocycles. The molecule has 2 heteroatoms. The number of unbranched alkanes of at least 4 members (excludes halogenated alkanes) is 2. The minimum atomic E-state index is -0.412. The van der Waals surface area contributed by atoms with E-state index in [-0.39, 0.29) is 0 Å². The van der Waals surface area contributed by atoms with Gasteiger partial charge >= 0.3 is 0 Å². The summed E-state index contributed by atoms with van der Waals surface area (Å²) in [4.78, 5) is 5.01. The molecule has 0 aliphatic heterocycles. The van der Waals surface area contributed by atoms with E-state index in [1.54, 1.807) is 0 Å². The SMILES string of the molecule is CCCCc1cc(C)c(N(c2ccc(C)cc2)c2ccc3c(c2)C(C)(c2ccc(C)cc2)c2cc(N(c4ccc(C)cc4)c4c(C)cc(CCCC)cc4C)ccc2-3)c(C)c1. The highest BCUT2D eigenvalue weighted by Gasteiger charge is 2.42. The molecular formula is C59H64N2. The highest BCUT2D eigenvalue weighted by atomic mass is 15.2. The first-order valence-electron chi connectivity index (χ1n) is 22.7. The molecule has 2 nitrogen and oxygen atoms in total. The molecule has 0 heterocycles. The van der Waals surface area contributed by atoms with Gasteiger partial charge in [-0.3, -0.25) is 0 Å². The van der Waals surface area contributed by atoms with Gasteiger partial charge in [-0.15, -0.1) is 0 Å². The molecule has 310 valence electrons. The smallest absolute Gasteiger partial charge is 0.0520 e. The Morgan fingerprint density at radius 2 is 0.721 bits per heavy atom. The summed E-state index contributed by atoms with van der Waals surface area (Å²) < 4.78 is 0. The fraction of sp³-hybridized carbons (Fsp3) is 0.288. The largest absolute Gasteiger partial charge is 0.310 e. The van der Waals surface area contributed by atoms with Crippen molar-refractivity contribution >= 4 is 34.1 Å². The Kier molecular flexibility index (Phi) is 11.8. The Morgan fingerprint density at radius 3 is 1.07 bits per heavy atom. The van der Waals surface area contributed by atoms with Crippen LogP contribution in [0.2, 0.25) is 0 Å². The first-order chi connectivity index (χ1) is 29.4. The van der Waals surface area contributed by atoms with Gasteiger partial charge in [-0.2, -0.15) is 0 Å². The number of fused-ring (bicyclic) bond motifs is 3. The topological polar surface area (TPSA) is 6.48 Å². The van der Waals surface area contributed by atoms with Crippen LogP contribution in [-0.4, -0.2) is 0 Å². The van der Waals surface area contributed by atoms with Crippen LogP contribution in [-0.2, 0) is 18.3 Å². The monoisotopic (exact) mass is 801 g/mol. The maximum atomic E-state index is 2.51. The highest BCUT2D eigenvalue weighted by Crippen LogP contribution is 2.56. The van der Waals surface area contributed by atoms with Gasteiger partial charge in [0.1, 0.15) is 0 Å². The highest BCUT2D eigenvalue weighted by molar-refractivity contribution is 5.91. The van der Waals surface area contributed by atoms with E-state index in [4.69, 9.17) is 0 Å². The van der Waals surface area contributed by atoms with Gasteiger partial charge in [0.05, 0.1) is 11.4 Å². The third kappa shape index (κ3) is 7.94. The lowest BCUT2D eigenvalue weighted by atomic mass is 9.74. The summed E-state index contributed by atoms with van der Waals surface area (Å²) in [5.74, 6) is 0. The lowest BCUT2D eigenvalue weighted by Crippen LogP contribution is -2.23. The van der Waals surface area contributed by atoms with E-state index in [1.807, 2.05) is 0 Å². The Hall–Kier alpha value is -5.86. The van der Waals surface area contributed by atoms with Crippen molar-refractivity contribution in [1.82, 2.24) is 0 Å². The predicted molar refractivity (Wildman–Crippen MR) is 264 cm³/mol. The van der Waals surface area contributed by atoms with Crippen LogP contribution >= 0.6 is 0 Å². The number of hydrogen-bond acceptors (Lipinski definition) is 2. The van der Waals surface area contributed by atoms with Crippen molar-refractivity contribution in [1.29, 1.82) is 0 Å². The van der Waals surface area contributed by atoms with Gasteiger partial charge in [0.15, 0.2) is 0 Å². The molecule has 0 radical (unpaired) electrons. The van der Waals surface area contributed by atoms with Gasteiger partial charge in [-0.1, -0.05) is 128 Å². The van der Waals surface area contributed by atoms with Crippen molar-refractivity contribution in [2.24, 2.45) is 0 Å². The van der Waals surface area contributed by atoms with Gasteiger partial charge in [-0.25, -0.2) is 0 Å². The molecule has 61 heavy (non-hydrogen) atoms. The lowest BCUT2D eigenvalue weighted by Gasteiger charge is -2.33. The molecular weight excluding hydrogens is 737 g/mol. The van der Waals surface area contributed by atoms with Crippen LogP contribution in [0.5, 0.6) is 0 Å². The van der Waals surface area contributed by atoms with Crippen LogP contribution in [0.1, 0.15) is 113 Å². The van der Waals surface area contributed by atoms with Gasteiger partial charge in [0.2, 0.25) is 0 Å². The van der Waals surface area contributed by atoms with E-state index in [2.05, 4.69) is 212 Å². The van der Waals surface area contributed by atoms with Gasteiger partial charge in [0, 0.05) is 28.2 Å². The second kappa shape index (κ2) is 17.3. The van der Waals surface area contributed by atoms with Crippen molar-refractivity contribution in [2.45, 2.75) is 113 Å². The third-order valence-electron chi connectivity index (χ3n) is 13.3. The molecule has 7 aromatic carbocycles. The molecule has 0 fully saturated rings. The number of aryl methyl sites for hydroxylation is 9. The van der Waals surface area contributed by atoms with Crippen molar-refractivity contribution in [2.75, 3.05) is 9.80 Å². The van der Waals surface area contributed by atoms with Crippen molar-refractivity contribution < 1.29 is 0 Å². The van der Waals surface area contributed by atoms with Crippen LogP contribution < -0.4 is 9.80 Å². The Morgan fingerprint density at radius 1 is 0.393 bits per heavy atom. The molecule has 7 aromatic rings. The Balaban J connectivity index is 1.33. The third-order valence-corrected chi connectivity index (χ3v) is 13.3. The molecule has 0 saturated heterocycles. The summed E-state index contributed by atoms with van der Waals surface area (Å²) in [7, 11) is 0. The van der Waals surface area contributed by atoms with E-state index in [9.17, 15) is 0 Å². The molecule has 0 aromatic heterocycles. The van der Waals surface area contributed by atoms with Gasteiger partial charge < -0.3 is 9.80 Å². The minimum Gasteiger partial charge on any atom is -0.310 e. The first kappa shape index (κ1) is 41.9. The van der Waals surface area contributed by atoms with E-state index < -0.39 is 5.41 Å². The fourth-order valence-electron chi connectivity index (χ4n) is 10.0. The quantitative estimate of drug-likeness (QED) is 0.115. The molecule has 0 bridgehead atoms. The van der Waals surface area contributed by atoms with Gasteiger partial charge in [0.25, 0.3) is 0 Å².